The predicted octanol–water partition coefficient (Wildman–Crippen LogP) is 3.59. The van der Waals surface area contributed by atoms with Crippen LogP contribution in [0.25, 0.3) is 0 Å². The quantitative estimate of drug-likeness (QED) is 0.496. The fourth-order valence-electron chi connectivity index (χ4n) is 4.96. The molecule has 2 aliphatic heterocycles. The van der Waals surface area contributed by atoms with E-state index in [1.807, 2.05) is 24.5 Å². The maximum absolute atomic E-state index is 11.9. The molecule has 2 aliphatic rings. The highest BCUT2D eigenvalue weighted by Crippen LogP contribution is 2.36. The third kappa shape index (κ3) is 4.86. The predicted molar refractivity (Wildman–Crippen MR) is 142 cm³/mol. The summed E-state index contributed by atoms with van der Waals surface area (Å²) in [4.78, 5) is 25.3. The van der Waals surface area contributed by atoms with Crippen LogP contribution in [0.2, 0.25) is 0 Å². The summed E-state index contributed by atoms with van der Waals surface area (Å²) in [5.74, 6) is 2.94. The van der Waals surface area contributed by atoms with Crippen LogP contribution in [0.15, 0.2) is 47.9 Å². The summed E-state index contributed by atoms with van der Waals surface area (Å²) in [5, 5.41) is 0. The molecule has 0 radical (unpaired) electrons. The number of hydrogen-bond acceptors (Lipinski definition) is 9. The summed E-state index contributed by atoms with van der Waals surface area (Å²) in [7, 11) is -1.13. The topological polar surface area (TPSA) is 95.4 Å². The number of hydrogen-bond donors (Lipinski definition) is 0. The molecule has 1 fully saturated rings. The van der Waals surface area contributed by atoms with Crippen molar-refractivity contribution in [1.29, 1.82) is 0 Å². The van der Waals surface area contributed by atoms with Gasteiger partial charge in [0.05, 0.1) is 4.90 Å². The van der Waals surface area contributed by atoms with Gasteiger partial charge in [-0.15, -0.1) is 0 Å². The van der Waals surface area contributed by atoms with Gasteiger partial charge >= 0.3 is 0 Å². The van der Waals surface area contributed by atoms with E-state index in [9.17, 15) is 8.42 Å². The summed E-state index contributed by atoms with van der Waals surface area (Å²) in [6.07, 6.45) is 9.50. The van der Waals surface area contributed by atoms with Gasteiger partial charge in [-0.3, -0.25) is 0 Å². The van der Waals surface area contributed by atoms with Gasteiger partial charge in [-0.05, 0) is 54.5 Å². The van der Waals surface area contributed by atoms with Gasteiger partial charge in [0.15, 0.2) is 9.84 Å². The van der Waals surface area contributed by atoms with Crippen molar-refractivity contribution in [2.24, 2.45) is 0 Å². The molecule has 0 amide bonds. The van der Waals surface area contributed by atoms with Crippen molar-refractivity contribution < 1.29 is 8.42 Å². The Morgan fingerprint density at radius 1 is 1.00 bits per heavy atom. The minimum absolute atomic E-state index is 0.360. The molecule has 190 valence electrons. The van der Waals surface area contributed by atoms with Crippen LogP contribution < -0.4 is 14.7 Å². The lowest BCUT2D eigenvalue weighted by molar-refractivity contribution is 0.475. The van der Waals surface area contributed by atoms with Crippen LogP contribution in [-0.2, 0) is 16.3 Å². The molecule has 4 heterocycles. The Kier molecular flexibility index (Phi) is 6.55. The number of nitrogens with zero attached hydrogens (tertiary/aromatic N) is 7. The second kappa shape index (κ2) is 9.65. The molecule has 0 aliphatic carbocycles. The average molecular weight is 508 g/mol. The van der Waals surface area contributed by atoms with Crippen LogP contribution in [0.3, 0.4) is 0 Å². The van der Waals surface area contributed by atoms with E-state index in [4.69, 9.17) is 0 Å². The molecular weight excluding hydrogens is 474 g/mol. The number of fused-ring (bicyclic) bond motifs is 1. The average Bonchev–Trinajstić information content (AvgIpc) is 3.31. The molecule has 1 saturated heterocycles. The first-order chi connectivity index (χ1) is 17.2. The first-order valence-corrected chi connectivity index (χ1v) is 14.3. The lowest BCUT2D eigenvalue weighted by Crippen LogP contribution is -2.44. The molecule has 0 N–H and O–H groups in total. The van der Waals surface area contributed by atoms with Crippen LogP contribution >= 0.6 is 0 Å². The second-order valence-electron chi connectivity index (χ2n) is 10.00. The molecule has 10 heteroatoms. The summed E-state index contributed by atoms with van der Waals surface area (Å²) in [6.45, 7) is 6.86. The molecule has 1 aromatic carbocycles. The van der Waals surface area contributed by atoms with Gasteiger partial charge in [0.2, 0.25) is 5.95 Å². The van der Waals surface area contributed by atoms with Gasteiger partial charge in [-0.1, -0.05) is 13.8 Å². The smallest absolute Gasteiger partial charge is 0.225 e. The van der Waals surface area contributed by atoms with Crippen LogP contribution in [0.4, 0.5) is 23.3 Å². The van der Waals surface area contributed by atoms with E-state index in [1.54, 1.807) is 18.5 Å². The van der Waals surface area contributed by atoms with Crippen LogP contribution in [0, 0.1) is 0 Å². The van der Waals surface area contributed by atoms with E-state index in [-0.39, 0.29) is 0 Å². The van der Waals surface area contributed by atoms with Gasteiger partial charge in [-0.25, -0.2) is 28.4 Å². The monoisotopic (exact) mass is 507 g/mol. The number of piperidine rings is 1. The highest BCUT2D eigenvalue weighted by atomic mass is 32.2. The van der Waals surface area contributed by atoms with E-state index < -0.39 is 9.84 Å². The van der Waals surface area contributed by atoms with Crippen molar-refractivity contribution in [2.75, 3.05) is 47.6 Å². The molecule has 0 unspecified atom stereocenters. The largest absolute Gasteiger partial charge is 0.356 e. The van der Waals surface area contributed by atoms with E-state index in [0.29, 0.717) is 16.9 Å². The lowest BCUT2D eigenvalue weighted by atomic mass is 10.0. The van der Waals surface area contributed by atoms with Gasteiger partial charge in [0.25, 0.3) is 0 Å². The van der Waals surface area contributed by atoms with Crippen molar-refractivity contribution >= 4 is 33.1 Å². The van der Waals surface area contributed by atoms with Crippen molar-refractivity contribution in [3.63, 3.8) is 0 Å². The number of rotatable bonds is 6. The lowest BCUT2D eigenvalue weighted by Gasteiger charge is -2.37. The summed E-state index contributed by atoms with van der Waals surface area (Å²) < 4.78 is 23.9. The first-order valence-electron chi connectivity index (χ1n) is 12.4. The highest BCUT2D eigenvalue weighted by Gasteiger charge is 2.27. The van der Waals surface area contributed by atoms with Gasteiger partial charge in [-0.2, -0.15) is 0 Å². The van der Waals surface area contributed by atoms with Crippen LogP contribution in [-0.4, -0.2) is 67.3 Å². The molecule has 2 aromatic heterocycles. The number of anilines is 4. The standard InChI is InChI=1S/C26H33N7O2S/c1-18(2)20-15-27-26(28-16-20)32-10-8-21(9-11-32)31(3)24-14-25(30-17-29-24)33-12-7-19-13-22(36(4,34)35)5-6-23(19)33/h5-6,13-18,21H,7-12H2,1-4H3. The molecule has 0 bridgehead atoms. The zero-order chi connectivity index (χ0) is 25.4. The van der Waals surface area contributed by atoms with Crippen LogP contribution in [0.1, 0.15) is 43.7 Å². The minimum atomic E-state index is -3.23. The highest BCUT2D eigenvalue weighted by molar-refractivity contribution is 7.90. The Labute approximate surface area is 213 Å². The van der Waals surface area contributed by atoms with E-state index >= 15 is 0 Å². The number of sulfone groups is 1. The second-order valence-corrected chi connectivity index (χ2v) is 12.0. The Hall–Kier alpha value is -3.27. The number of aromatic nitrogens is 4. The van der Waals surface area contributed by atoms with Crippen molar-refractivity contribution in [2.45, 2.75) is 50.0 Å². The minimum Gasteiger partial charge on any atom is -0.356 e. The van der Waals surface area contributed by atoms with E-state index in [0.717, 1.165) is 73.3 Å². The van der Waals surface area contributed by atoms with Crippen molar-refractivity contribution in [1.82, 2.24) is 19.9 Å². The third-order valence-electron chi connectivity index (χ3n) is 7.27. The van der Waals surface area contributed by atoms with Crippen molar-refractivity contribution in [3.8, 4) is 0 Å². The van der Waals surface area contributed by atoms with Gasteiger partial charge in [0, 0.05) is 63.1 Å². The Morgan fingerprint density at radius 2 is 1.72 bits per heavy atom. The van der Waals surface area contributed by atoms with Crippen molar-refractivity contribution in [3.05, 3.63) is 54.1 Å². The summed E-state index contributed by atoms with van der Waals surface area (Å²) in [6, 6.07) is 7.73. The van der Waals surface area contributed by atoms with E-state index in [1.165, 1.54) is 6.26 Å². The van der Waals surface area contributed by atoms with E-state index in [2.05, 4.69) is 55.5 Å². The summed E-state index contributed by atoms with van der Waals surface area (Å²) >= 11 is 0. The maximum atomic E-state index is 11.9. The number of benzene rings is 1. The Balaban J connectivity index is 1.27. The molecule has 36 heavy (non-hydrogen) atoms. The summed E-state index contributed by atoms with van der Waals surface area (Å²) in [5.41, 5.74) is 3.19. The molecule has 0 spiro atoms. The van der Waals surface area contributed by atoms with Crippen LogP contribution in [0.5, 0.6) is 0 Å². The molecular formula is C26H33N7O2S. The normalized spacial score (nSPS) is 16.5. The molecule has 0 saturated carbocycles. The molecule has 9 nitrogen and oxygen atoms in total. The first kappa shape index (κ1) is 24.4. The zero-order valence-corrected chi connectivity index (χ0v) is 22.1. The SMILES string of the molecule is CC(C)c1cnc(N2CCC(N(C)c3cc(N4CCc5cc(S(C)(=O)=O)ccc54)ncn3)CC2)nc1. The zero-order valence-electron chi connectivity index (χ0n) is 21.3. The molecule has 5 rings (SSSR count). The van der Waals surface area contributed by atoms with Gasteiger partial charge < -0.3 is 14.7 Å². The third-order valence-corrected chi connectivity index (χ3v) is 8.38. The maximum Gasteiger partial charge on any atom is 0.225 e. The Bertz CT molecular complexity index is 1340. The fourth-order valence-corrected chi connectivity index (χ4v) is 5.63. The molecule has 0 atom stereocenters. The Morgan fingerprint density at radius 3 is 2.39 bits per heavy atom. The molecule has 3 aromatic rings. The fraction of sp³-hybridized carbons (Fsp3) is 0.462. The van der Waals surface area contributed by atoms with Gasteiger partial charge in [0.1, 0.15) is 18.0 Å².